The number of halogens is 3. The molecule has 0 spiro atoms. The summed E-state index contributed by atoms with van der Waals surface area (Å²) in [5, 5.41) is 0. The van der Waals surface area contributed by atoms with Gasteiger partial charge >= 0.3 is 18.8 Å². The Balaban J connectivity index is 1.63. The van der Waals surface area contributed by atoms with Gasteiger partial charge in [0.15, 0.2) is 0 Å². The maximum Gasteiger partial charge on any atom is 0.345 e. The zero-order valence-corrected chi connectivity index (χ0v) is 16.2. The number of alkyl halides is 3. The molecular formula is C23H13F3N4O2. The molecule has 5 aliphatic heterocycles. The molecule has 5 heterocycles. The van der Waals surface area contributed by atoms with Crippen LogP contribution in [0.5, 0.6) is 0 Å². The van der Waals surface area contributed by atoms with Crippen molar-refractivity contribution in [1.29, 1.82) is 0 Å². The van der Waals surface area contributed by atoms with Gasteiger partial charge in [0.05, 0.1) is 45.6 Å². The summed E-state index contributed by atoms with van der Waals surface area (Å²) in [6.45, 7) is 0. The number of carbonyl (C=O) groups excluding carboxylic acids is 1. The lowest BCUT2D eigenvalue weighted by Crippen LogP contribution is -2.24. The highest BCUT2D eigenvalue weighted by Gasteiger charge is 2.30. The van der Waals surface area contributed by atoms with Gasteiger partial charge in [0.25, 0.3) is 0 Å². The minimum absolute atomic E-state index is 0.117. The van der Waals surface area contributed by atoms with E-state index in [2.05, 4.69) is 24.7 Å². The third-order valence-electron chi connectivity index (χ3n) is 4.71. The first kappa shape index (κ1) is 19.8. The van der Waals surface area contributed by atoms with Gasteiger partial charge in [0, 0.05) is 0 Å². The zero-order chi connectivity index (χ0) is 22.2. The SMILES string of the molecule is O=C(OC(F)C(F)F)C1=C2C=CC(=N2)C=C2C=CC(=N2)C=C2C=CC(=N2)C=C2C=CC1=N2. The third kappa shape index (κ3) is 3.92. The summed E-state index contributed by atoms with van der Waals surface area (Å²) in [6, 6.07) is 0. The normalized spacial score (nSPS) is 21.3. The van der Waals surface area contributed by atoms with E-state index >= 15 is 0 Å². The van der Waals surface area contributed by atoms with Crippen LogP contribution < -0.4 is 0 Å². The number of rotatable bonds is 3. The van der Waals surface area contributed by atoms with E-state index in [0.29, 0.717) is 34.2 Å². The third-order valence-corrected chi connectivity index (χ3v) is 4.71. The predicted octanol–water partition coefficient (Wildman–Crippen LogP) is 4.05. The van der Waals surface area contributed by atoms with Gasteiger partial charge in [-0.2, -0.15) is 4.39 Å². The van der Waals surface area contributed by atoms with Gasteiger partial charge in [0.2, 0.25) is 0 Å². The van der Waals surface area contributed by atoms with Crippen molar-refractivity contribution < 1.29 is 22.7 Å². The van der Waals surface area contributed by atoms with Crippen molar-refractivity contribution >= 4 is 28.8 Å². The molecule has 0 radical (unpaired) electrons. The van der Waals surface area contributed by atoms with Crippen molar-refractivity contribution in [3.63, 3.8) is 0 Å². The molecular weight excluding hydrogens is 421 g/mol. The van der Waals surface area contributed by atoms with Gasteiger partial charge < -0.3 is 4.74 Å². The van der Waals surface area contributed by atoms with Crippen LogP contribution in [0.4, 0.5) is 13.2 Å². The summed E-state index contributed by atoms with van der Waals surface area (Å²) in [4.78, 5) is 30.3. The van der Waals surface area contributed by atoms with E-state index in [1.165, 1.54) is 12.2 Å². The van der Waals surface area contributed by atoms with E-state index < -0.39 is 18.8 Å². The average Bonchev–Trinajstić information content (AvgIpc) is 3.53. The minimum Gasteiger partial charge on any atom is -0.421 e. The first-order valence-electron chi connectivity index (χ1n) is 9.55. The van der Waals surface area contributed by atoms with E-state index in [4.69, 9.17) is 0 Å². The molecule has 32 heavy (non-hydrogen) atoms. The lowest BCUT2D eigenvalue weighted by Gasteiger charge is -2.11. The van der Waals surface area contributed by atoms with Crippen molar-refractivity contribution in [3.05, 3.63) is 95.2 Å². The highest BCUT2D eigenvalue weighted by atomic mass is 19.3. The fraction of sp³-hybridized carbons (Fsp3) is 0.0870. The maximum atomic E-state index is 13.4. The Hall–Kier alpha value is -4.14. The average molecular weight is 434 g/mol. The first-order valence-corrected chi connectivity index (χ1v) is 9.55. The number of carbonyl (C=O) groups is 1. The Bertz CT molecular complexity index is 1300. The van der Waals surface area contributed by atoms with Crippen LogP contribution in [0.25, 0.3) is 0 Å². The number of hydrogen-bond donors (Lipinski definition) is 0. The Labute approximate surface area is 180 Å². The van der Waals surface area contributed by atoms with Crippen LogP contribution in [0.2, 0.25) is 0 Å². The molecule has 1 atom stereocenters. The monoisotopic (exact) mass is 434 g/mol. The number of hydrogen-bond acceptors (Lipinski definition) is 6. The molecule has 9 heteroatoms. The van der Waals surface area contributed by atoms with E-state index in [1.54, 1.807) is 36.5 Å². The second kappa shape index (κ2) is 7.84. The van der Waals surface area contributed by atoms with Crippen molar-refractivity contribution in [3.8, 4) is 0 Å². The molecule has 0 saturated heterocycles. The van der Waals surface area contributed by atoms with Crippen LogP contribution in [0.15, 0.2) is 115 Å². The van der Waals surface area contributed by atoms with Gasteiger partial charge in [0.1, 0.15) is 5.57 Å². The number of ether oxygens (including phenoxy) is 1. The van der Waals surface area contributed by atoms with Gasteiger partial charge in [-0.15, -0.1) is 0 Å². The van der Waals surface area contributed by atoms with E-state index in [9.17, 15) is 18.0 Å². The van der Waals surface area contributed by atoms with Gasteiger partial charge in [-0.1, -0.05) is 0 Å². The number of aliphatic imine (C=N–C) groups is 4. The van der Waals surface area contributed by atoms with E-state index in [0.717, 1.165) is 0 Å². The lowest BCUT2D eigenvalue weighted by atomic mass is 10.1. The van der Waals surface area contributed by atoms with Crippen molar-refractivity contribution in [1.82, 2.24) is 0 Å². The topological polar surface area (TPSA) is 75.7 Å². The van der Waals surface area contributed by atoms with E-state index in [-0.39, 0.29) is 17.0 Å². The standard InChI is InChI=1S/C23H13F3N4O2/c24-21(25)22(26)32-23(31)20-18-7-5-16(29-18)10-14-3-1-12(27-14)9-13-2-4-15(28-13)11-17-6-8-19(20)30-17/h1-11,21-22H. The second-order valence-electron chi connectivity index (χ2n) is 7.00. The predicted molar refractivity (Wildman–Crippen MR) is 115 cm³/mol. The summed E-state index contributed by atoms with van der Waals surface area (Å²) < 4.78 is 43.0. The number of nitrogens with zero attached hydrogens (tertiary/aromatic N) is 4. The molecule has 158 valence electrons. The quantitative estimate of drug-likeness (QED) is 0.629. The first-order chi connectivity index (χ1) is 15.4. The Morgan fingerprint density at radius 2 is 1.22 bits per heavy atom. The summed E-state index contributed by atoms with van der Waals surface area (Å²) in [5.41, 5.74) is 3.64. The summed E-state index contributed by atoms with van der Waals surface area (Å²) >= 11 is 0. The van der Waals surface area contributed by atoms with Crippen molar-refractivity contribution in [2.45, 2.75) is 12.8 Å². The number of allylic oxidation sites excluding steroid dienone is 11. The summed E-state index contributed by atoms with van der Waals surface area (Å²) in [6.07, 6.45) is 12.2. The molecule has 5 aliphatic rings. The molecule has 0 aromatic heterocycles. The molecule has 0 fully saturated rings. The molecule has 0 amide bonds. The number of fused-ring (bicyclic) bond motifs is 4. The smallest absolute Gasteiger partial charge is 0.345 e. The molecule has 1 unspecified atom stereocenters. The molecule has 0 aromatic rings. The Kier molecular flexibility index (Phi) is 4.85. The molecule has 6 nitrogen and oxygen atoms in total. The Morgan fingerprint density at radius 1 is 0.688 bits per heavy atom. The van der Waals surface area contributed by atoms with Crippen molar-refractivity contribution in [2.75, 3.05) is 0 Å². The highest BCUT2D eigenvalue weighted by Crippen LogP contribution is 2.25. The molecule has 5 rings (SSSR count). The largest absolute Gasteiger partial charge is 0.421 e. The van der Waals surface area contributed by atoms with Gasteiger partial charge in [-0.05, 0) is 66.8 Å². The van der Waals surface area contributed by atoms with Crippen LogP contribution in [0.1, 0.15) is 0 Å². The van der Waals surface area contributed by atoms with Gasteiger partial charge in [-0.25, -0.2) is 33.5 Å². The van der Waals surface area contributed by atoms with Crippen LogP contribution in [-0.2, 0) is 9.53 Å². The van der Waals surface area contributed by atoms with E-state index in [1.807, 2.05) is 18.2 Å². The molecule has 0 aromatic carbocycles. The van der Waals surface area contributed by atoms with Gasteiger partial charge in [-0.3, -0.25) is 0 Å². The maximum absolute atomic E-state index is 13.4. The lowest BCUT2D eigenvalue weighted by molar-refractivity contribution is -0.168. The zero-order valence-electron chi connectivity index (χ0n) is 16.2. The van der Waals surface area contributed by atoms with Crippen LogP contribution in [-0.4, -0.2) is 41.6 Å². The Morgan fingerprint density at radius 3 is 1.84 bits per heavy atom. The summed E-state index contributed by atoms with van der Waals surface area (Å²) in [7, 11) is 0. The van der Waals surface area contributed by atoms with Crippen LogP contribution in [0.3, 0.4) is 0 Å². The second-order valence-corrected chi connectivity index (χ2v) is 7.00. The summed E-state index contributed by atoms with van der Waals surface area (Å²) in [5.74, 6) is -1.29. The minimum atomic E-state index is -3.47. The fourth-order valence-corrected chi connectivity index (χ4v) is 3.31. The fourth-order valence-electron chi connectivity index (χ4n) is 3.31. The van der Waals surface area contributed by atoms with Crippen LogP contribution >= 0.6 is 0 Å². The molecule has 0 aliphatic carbocycles. The molecule has 8 bridgehead atoms. The molecule has 0 saturated carbocycles. The van der Waals surface area contributed by atoms with Crippen LogP contribution in [0, 0.1) is 0 Å². The molecule has 0 N–H and O–H groups in total. The van der Waals surface area contributed by atoms with Crippen molar-refractivity contribution in [2.24, 2.45) is 20.0 Å². The number of esters is 1. The highest BCUT2D eigenvalue weighted by molar-refractivity contribution is 6.27.